The Morgan fingerprint density at radius 1 is 1.25 bits per heavy atom. The second-order valence-corrected chi connectivity index (χ2v) is 7.57. The van der Waals surface area contributed by atoms with Gasteiger partial charge in [-0.05, 0) is 35.5 Å². The molecule has 1 aromatic carbocycles. The van der Waals surface area contributed by atoms with Crippen LogP contribution in [0.3, 0.4) is 0 Å². The Balaban J connectivity index is 1.58. The maximum absolute atomic E-state index is 11.8. The molecule has 5 rings (SSSR count). The van der Waals surface area contributed by atoms with E-state index in [0.717, 1.165) is 46.3 Å². The van der Waals surface area contributed by atoms with E-state index in [4.69, 9.17) is 9.15 Å². The van der Waals surface area contributed by atoms with Crippen molar-refractivity contribution in [3.05, 3.63) is 47.3 Å². The first-order chi connectivity index (χ1) is 13.6. The molecule has 7 nitrogen and oxygen atoms in total. The molecule has 0 spiro atoms. The second-order valence-electron chi connectivity index (χ2n) is 6.56. The molecule has 0 aliphatic carbocycles. The zero-order valence-corrected chi connectivity index (χ0v) is 15.7. The molecule has 0 bridgehead atoms. The molecule has 0 unspecified atom stereocenters. The maximum Gasteiger partial charge on any atom is 0.290 e. The number of carbonyl (C=O) groups excluding carboxylic acids is 2. The van der Waals surface area contributed by atoms with Crippen LogP contribution in [-0.2, 0) is 4.79 Å². The molecule has 1 N–H and O–H groups in total. The van der Waals surface area contributed by atoms with Gasteiger partial charge in [-0.2, -0.15) is 0 Å². The number of pyridine rings is 1. The van der Waals surface area contributed by atoms with Crippen LogP contribution in [0.15, 0.2) is 46.0 Å². The highest BCUT2D eigenvalue weighted by Crippen LogP contribution is 2.38. The van der Waals surface area contributed by atoms with Crippen LogP contribution in [0.2, 0.25) is 0 Å². The fourth-order valence-electron chi connectivity index (χ4n) is 3.33. The van der Waals surface area contributed by atoms with E-state index in [1.54, 1.807) is 24.5 Å². The van der Waals surface area contributed by atoms with Crippen LogP contribution in [0.1, 0.15) is 5.76 Å². The summed E-state index contributed by atoms with van der Waals surface area (Å²) in [7, 11) is 2.04. The van der Waals surface area contributed by atoms with E-state index >= 15 is 0 Å². The first-order valence-electron chi connectivity index (χ1n) is 8.69. The monoisotopic (exact) mass is 393 g/mol. The number of rotatable bonds is 2. The Labute approximate surface area is 164 Å². The number of hydrogen-bond acceptors (Lipinski definition) is 7. The highest BCUT2D eigenvalue weighted by molar-refractivity contribution is 8.18. The summed E-state index contributed by atoms with van der Waals surface area (Å²) in [4.78, 5) is 29.9. The molecule has 28 heavy (non-hydrogen) atoms. The number of imide groups is 1. The molecule has 0 radical (unpaired) electrons. The molecule has 2 amide bonds. The number of fused-ring (bicyclic) bond motifs is 2. The van der Waals surface area contributed by atoms with Crippen molar-refractivity contribution in [1.29, 1.82) is 0 Å². The van der Waals surface area contributed by atoms with E-state index in [-0.39, 0.29) is 5.24 Å². The van der Waals surface area contributed by atoms with Gasteiger partial charge in [-0.15, -0.1) is 0 Å². The summed E-state index contributed by atoms with van der Waals surface area (Å²) in [5.41, 5.74) is 3.49. The number of likely N-dealkylation sites (N-methyl/N-ethyl adjacent to an activating group) is 1. The lowest BCUT2D eigenvalue weighted by molar-refractivity contribution is -0.115. The zero-order chi connectivity index (χ0) is 19.3. The average molecular weight is 393 g/mol. The van der Waals surface area contributed by atoms with Crippen molar-refractivity contribution in [2.24, 2.45) is 0 Å². The van der Waals surface area contributed by atoms with Crippen molar-refractivity contribution in [3.63, 3.8) is 0 Å². The molecule has 0 atom stereocenters. The fraction of sp³-hybridized carbons (Fsp3) is 0.150. The zero-order valence-electron chi connectivity index (χ0n) is 14.9. The van der Waals surface area contributed by atoms with Crippen molar-refractivity contribution in [2.45, 2.75) is 0 Å². The molecule has 2 aromatic heterocycles. The fourth-order valence-corrected chi connectivity index (χ4v) is 4.00. The summed E-state index contributed by atoms with van der Waals surface area (Å²) in [6.07, 6.45) is 5.03. The van der Waals surface area contributed by atoms with Gasteiger partial charge in [-0.25, -0.2) is 0 Å². The summed E-state index contributed by atoms with van der Waals surface area (Å²) < 4.78 is 11.8. The van der Waals surface area contributed by atoms with Gasteiger partial charge in [0.05, 0.1) is 17.1 Å². The SMILES string of the molecule is CN1CCOc2cc(-c3cncc4cc(C=C5SC(=O)NC5=O)oc34)ccc21. The first-order valence-corrected chi connectivity index (χ1v) is 9.51. The Morgan fingerprint density at radius 3 is 2.96 bits per heavy atom. The van der Waals surface area contributed by atoms with E-state index in [1.165, 1.54) is 0 Å². The Kier molecular flexibility index (Phi) is 3.87. The number of benzene rings is 1. The highest BCUT2D eigenvalue weighted by atomic mass is 32.2. The number of ether oxygens (including phenoxy) is 1. The molecule has 1 saturated heterocycles. The number of aromatic nitrogens is 1. The third kappa shape index (κ3) is 2.82. The van der Waals surface area contributed by atoms with Crippen LogP contribution >= 0.6 is 11.8 Å². The number of nitrogens with zero attached hydrogens (tertiary/aromatic N) is 2. The van der Waals surface area contributed by atoms with Gasteiger partial charge in [0.1, 0.15) is 23.7 Å². The van der Waals surface area contributed by atoms with Crippen molar-refractivity contribution in [3.8, 4) is 16.9 Å². The van der Waals surface area contributed by atoms with Gasteiger partial charge in [0, 0.05) is 36.5 Å². The number of furan rings is 1. The molecular formula is C20H15N3O4S. The van der Waals surface area contributed by atoms with Gasteiger partial charge in [0.15, 0.2) is 0 Å². The molecule has 2 aliphatic heterocycles. The molecule has 2 aliphatic rings. The van der Waals surface area contributed by atoms with Crippen molar-refractivity contribution in [2.75, 3.05) is 25.1 Å². The third-order valence-corrected chi connectivity index (χ3v) is 5.53. The van der Waals surface area contributed by atoms with E-state index in [9.17, 15) is 9.59 Å². The lowest BCUT2D eigenvalue weighted by atomic mass is 10.0. The lowest BCUT2D eigenvalue weighted by Gasteiger charge is -2.28. The molecule has 3 aromatic rings. The van der Waals surface area contributed by atoms with E-state index in [2.05, 4.69) is 15.2 Å². The number of hydrogen-bond donors (Lipinski definition) is 1. The van der Waals surface area contributed by atoms with E-state index in [0.29, 0.717) is 22.9 Å². The predicted molar refractivity (Wildman–Crippen MR) is 107 cm³/mol. The van der Waals surface area contributed by atoms with Gasteiger partial charge in [0.2, 0.25) is 0 Å². The van der Waals surface area contributed by atoms with Crippen molar-refractivity contribution >= 4 is 45.6 Å². The van der Waals surface area contributed by atoms with Crippen LogP contribution in [0.4, 0.5) is 10.5 Å². The Morgan fingerprint density at radius 2 is 2.14 bits per heavy atom. The molecule has 8 heteroatoms. The Hall–Kier alpha value is -3.26. The minimum absolute atomic E-state index is 0.309. The number of amides is 2. The molecular weight excluding hydrogens is 378 g/mol. The number of anilines is 1. The summed E-state index contributed by atoms with van der Waals surface area (Å²) in [6, 6.07) is 7.83. The summed E-state index contributed by atoms with van der Waals surface area (Å²) >= 11 is 0.859. The van der Waals surface area contributed by atoms with Crippen LogP contribution < -0.4 is 15.0 Å². The van der Waals surface area contributed by atoms with Crippen LogP contribution in [0, 0.1) is 0 Å². The third-order valence-electron chi connectivity index (χ3n) is 4.72. The van der Waals surface area contributed by atoms with Gasteiger partial charge in [-0.3, -0.25) is 19.9 Å². The van der Waals surface area contributed by atoms with Crippen LogP contribution in [0.5, 0.6) is 5.75 Å². The van der Waals surface area contributed by atoms with Gasteiger partial charge < -0.3 is 14.1 Å². The summed E-state index contributed by atoms with van der Waals surface area (Å²) in [6.45, 7) is 1.50. The average Bonchev–Trinajstić information content (AvgIpc) is 3.23. The van der Waals surface area contributed by atoms with Crippen LogP contribution in [0.25, 0.3) is 28.2 Å². The van der Waals surface area contributed by atoms with Gasteiger partial charge >= 0.3 is 0 Å². The maximum atomic E-state index is 11.8. The quantitative estimate of drug-likeness (QED) is 0.665. The summed E-state index contributed by atoms with van der Waals surface area (Å²) in [5, 5.41) is 2.67. The smallest absolute Gasteiger partial charge is 0.290 e. The van der Waals surface area contributed by atoms with Gasteiger partial charge in [0.25, 0.3) is 11.1 Å². The summed E-state index contributed by atoms with van der Waals surface area (Å²) in [5.74, 6) is 0.907. The number of nitrogens with one attached hydrogen (secondary N) is 1. The topological polar surface area (TPSA) is 84.7 Å². The molecule has 140 valence electrons. The Bertz CT molecular complexity index is 1170. The highest BCUT2D eigenvalue weighted by Gasteiger charge is 2.25. The normalized spacial score (nSPS) is 17.8. The predicted octanol–water partition coefficient (Wildman–Crippen LogP) is 3.65. The van der Waals surface area contributed by atoms with Crippen molar-refractivity contribution in [1.82, 2.24) is 10.3 Å². The minimum Gasteiger partial charge on any atom is -0.490 e. The van der Waals surface area contributed by atoms with E-state index < -0.39 is 5.91 Å². The molecule has 0 saturated carbocycles. The minimum atomic E-state index is -0.412. The number of thioether (sulfide) groups is 1. The second kappa shape index (κ2) is 6.42. The largest absolute Gasteiger partial charge is 0.490 e. The lowest BCUT2D eigenvalue weighted by Crippen LogP contribution is -2.28. The standard InChI is InChI=1S/C20H15N3O4S/c1-23-4-5-26-16-7-11(2-3-15(16)23)14-10-21-9-12-6-13(27-18(12)14)8-17-19(24)22-20(25)28-17/h2-3,6-10H,4-5H2,1H3,(H,22,24,25). The van der Waals surface area contributed by atoms with Gasteiger partial charge in [-0.1, -0.05) is 6.07 Å². The molecule has 4 heterocycles. The van der Waals surface area contributed by atoms with E-state index in [1.807, 2.05) is 25.2 Å². The van der Waals surface area contributed by atoms with Crippen LogP contribution in [-0.4, -0.2) is 36.3 Å². The van der Waals surface area contributed by atoms with Crippen molar-refractivity contribution < 1.29 is 18.7 Å². The number of carbonyl (C=O) groups is 2. The molecule has 1 fully saturated rings. The first kappa shape index (κ1) is 16.9.